The first-order valence-electron chi connectivity index (χ1n) is 7.95. The summed E-state index contributed by atoms with van der Waals surface area (Å²) in [5, 5.41) is 8.73. The summed E-state index contributed by atoms with van der Waals surface area (Å²) in [5.41, 5.74) is 1.46. The van der Waals surface area contributed by atoms with Gasteiger partial charge in [-0.3, -0.25) is 9.59 Å². The molecule has 0 saturated heterocycles. The van der Waals surface area contributed by atoms with Crippen LogP contribution in [0.2, 0.25) is 0 Å². The van der Waals surface area contributed by atoms with Gasteiger partial charge in [0.1, 0.15) is 17.3 Å². The van der Waals surface area contributed by atoms with Crippen molar-refractivity contribution in [3.8, 4) is 0 Å². The number of nitrogens with zero attached hydrogens (tertiary/aromatic N) is 2. The SMILES string of the molecule is CC(=O)Nc1ccc(Nc2cc(C(=O)NC(C)(C)C)nc(C)n2)cc1. The highest BCUT2D eigenvalue weighted by Crippen LogP contribution is 2.18. The van der Waals surface area contributed by atoms with Crippen LogP contribution < -0.4 is 16.0 Å². The van der Waals surface area contributed by atoms with Crippen molar-refractivity contribution in [3.63, 3.8) is 0 Å². The molecular formula is C18H23N5O2. The first-order chi connectivity index (χ1) is 11.6. The molecule has 0 aliphatic carbocycles. The van der Waals surface area contributed by atoms with E-state index in [4.69, 9.17) is 0 Å². The third-order valence-electron chi connectivity index (χ3n) is 3.04. The van der Waals surface area contributed by atoms with Crippen molar-refractivity contribution in [1.82, 2.24) is 15.3 Å². The lowest BCUT2D eigenvalue weighted by Crippen LogP contribution is -2.41. The lowest BCUT2D eigenvalue weighted by molar-refractivity contribution is -0.114. The summed E-state index contributed by atoms with van der Waals surface area (Å²) in [4.78, 5) is 31.8. The van der Waals surface area contributed by atoms with Crippen molar-refractivity contribution in [1.29, 1.82) is 0 Å². The van der Waals surface area contributed by atoms with Crippen LogP contribution >= 0.6 is 0 Å². The van der Waals surface area contributed by atoms with Crippen molar-refractivity contribution < 1.29 is 9.59 Å². The number of aryl methyl sites for hydroxylation is 1. The van der Waals surface area contributed by atoms with Crippen molar-refractivity contribution in [2.75, 3.05) is 10.6 Å². The normalized spacial score (nSPS) is 10.9. The Labute approximate surface area is 147 Å². The van der Waals surface area contributed by atoms with Gasteiger partial charge in [-0.2, -0.15) is 0 Å². The van der Waals surface area contributed by atoms with Gasteiger partial charge in [0.05, 0.1) is 0 Å². The number of amides is 2. The second-order valence-electron chi connectivity index (χ2n) is 6.77. The van der Waals surface area contributed by atoms with Crippen LogP contribution in [0.1, 0.15) is 44.0 Å². The number of nitrogens with one attached hydrogen (secondary N) is 3. The Morgan fingerprint density at radius 2 is 1.60 bits per heavy atom. The number of hydrogen-bond acceptors (Lipinski definition) is 5. The van der Waals surface area contributed by atoms with Gasteiger partial charge in [0.15, 0.2) is 0 Å². The minimum Gasteiger partial charge on any atom is -0.346 e. The molecule has 0 fully saturated rings. The fourth-order valence-corrected chi connectivity index (χ4v) is 2.14. The van der Waals surface area contributed by atoms with Gasteiger partial charge in [0.2, 0.25) is 5.91 Å². The van der Waals surface area contributed by atoms with Gasteiger partial charge in [-0.25, -0.2) is 9.97 Å². The zero-order chi connectivity index (χ0) is 18.6. The van der Waals surface area contributed by atoms with Gasteiger partial charge in [-0.15, -0.1) is 0 Å². The molecule has 0 aliphatic heterocycles. The number of hydrogen-bond donors (Lipinski definition) is 3. The number of carbonyl (C=O) groups excluding carboxylic acids is 2. The fourth-order valence-electron chi connectivity index (χ4n) is 2.14. The van der Waals surface area contributed by atoms with Crippen LogP contribution in [0.4, 0.5) is 17.2 Å². The maximum atomic E-state index is 12.3. The van der Waals surface area contributed by atoms with E-state index in [2.05, 4.69) is 25.9 Å². The first kappa shape index (κ1) is 18.4. The Morgan fingerprint density at radius 3 is 2.16 bits per heavy atom. The summed E-state index contributed by atoms with van der Waals surface area (Å²) in [6, 6.07) is 8.81. The van der Waals surface area contributed by atoms with Crippen LogP contribution in [0.3, 0.4) is 0 Å². The van der Waals surface area contributed by atoms with E-state index < -0.39 is 0 Å². The topological polar surface area (TPSA) is 96.0 Å². The summed E-state index contributed by atoms with van der Waals surface area (Å²) in [6.45, 7) is 8.93. The van der Waals surface area contributed by atoms with Gasteiger partial charge in [0.25, 0.3) is 5.91 Å². The molecule has 25 heavy (non-hydrogen) atoms. The number of benzene rings is 1. The van der Waals surface area contributed by atoms with E-state index in [1.165, 1.54) is 6.92 Å². The molecule has 1 aromatic heterocycles. The standard InChI is InChI=1S/C18H23N5O2/c1-11-19-15(17(25)23-18(3,4)5)10-16(20-11)22-14-8-6-13(7-9-14)21-12(2)24/h6-10H,1-5H3,(H,21,24)(H,23,25)(H,19,20,22). The molecule has 2 rings (SSSR count). The molecule has 1 aromatic carbocycles. The van der Waals surface area contributed by atoms with E-state index in [1.54, 1.807) is 25.1 Å². The van der Waals surface area contributed by atoms with Gasteiger partial charge in [-0.1, -0.05) is 0 Å². The highest BCUT2D eigenvalue weighted by molar-refractivity contribution is 5.93. The second kappa shape index (κ2) is 7.29. The van der Waals surface area contributed by atoms with Gasteiger partial charge < -0.3 is 16.0 Å². The summed E-state index contributed by atoms with van der Waals surface area (Å²) in [5.74, 6) is 0.654. The van der Waals surface area contributed by atoms with Crippen molar-refractivity contribution in [2.24, 2.45) is 0 Å². The number of carbonyl (C=O) groups is 2. The molecule has 7 heteroatoms. The Morgan fingerprint density at radius 1 is 1.00 bits per heavy atom. The second-order valence-corrected chi connectivity index (χ2v) is 6.77. The maximum Gasteiger partial charge on any atom is 0.270 e. The quantitative estimate of drug-likeness (QED) is 0.794. The molecule has 0 saturated carbocycles. The predicted octanol–water partition coefficient (Wildman–Crippen LogP) is 3.02. The van der Waals surface area contributed by atoms with Crippen LogP contribution in [0.25, 0.3) is 0 Å². The van der Waals surface area contributed by atoms with Crippen LogP contribution in [0.15, 0.2) is 30.3 Å². The summed E-state index contributed by atoms with van der Waals surface area (Å²) >= 11 is 0. The molecule has 0 atom stereocenters. The number of rotatable bonds is 4. The molecule has 0 unspecified atom stereocenters. The summed E-state index contributed by atoms with van der Waals surface area (Å²) in [7, 11) is 0. The maximum absolute atomic E-state index is 12.3. The van der Waals surface area contributed by atoms with E-state index in [0.29, 0.717) is 23.0 Å². The monoisotopic (exact) mass is 341 g/mol. The third kappa shape index (κ3) is 5.87. The zero-order valence-electron chi connectivity index (χ0n) is 15.1. The molecular weight excluding hydrogens is 318 g/mol. The number of anilines is 3. The van der Waals surface area contributed by atoms with E-state index in [-0.39, 0.29) is 17.4 Å². The zero-order valence-corrected chi connectivity index (χ0v) is 15.1. The molecule has 3 N–H and O–H groups in total. The molecule has 0 aliphatic rings. The van der Waals surface area contributed by atoms with Crippen LogP contribution in [0.5, 0.6) is 0 Å². The summed E-state index contributed by atoms with van der Waals surface area (Å²) < 4.78 is 0. The van der Waals surface area contributed by atoms with Crippen molar-refractivity contribution in [3.05, 3.63) is 41.9 Å². The predicted molar refractivity (Wildman–Crippen MR) is 98.0 cm³/mol. The van der Waals surface area contributed by atoms with Crippen molar-refractivity contribution in [2.45, 2.75) is 40.2 Å². The molecule has 0 radical (unpaired) electrons. The molecule has 1 heterocycles. The third-order valence-corrected chi connectivity index (χ3v) is 3.04. The van der Waals surface area contributed by atoms with Gasteiger partial charge in [0, 0.05) is 29.9 Å². The van der Waals surface area contributed by atoms with Gasteiger partial charge >= 0.3 is 0 Å². The van der Waals surface area contributed by atoms with Crippen LogP contribution in [0, 0.1) is 6.92 Å². The molecule has 7 nitrogen and oxygen atoms in total. The van der Waals surface area contributed by atoms with E-state index >= 15 is 0 Å². The molecule has 2 aromatic rings. The summed E-state index contributed by atoms with van der Waals surface area (Å²) in [6.07, 6.45) is 0. The Balaban J connectivity index is 2.17. The van der Waals surface area contributed by atoms with Crippen LogP contribution in [-0.2, 0) is 4.79 Å². The highest BCUT2D eigenvalue weighted by atomic mass is 16.2. The molecule has 2 amide bonds. The minimum atomic E-state index is -0.344. The molecule has 132 valence electrons. The van der Waals surface area contributed by atoms with Crippen LogP contribution in [-0.4, -0.2) is 27.3 Å². The Bertz CT molecular complexity index is 779. The smallest absolute Gasteiger partial charge is 0.270 e. The first-order valence-corrected chi connectivity index (χ1v) is 7.95. The molecule has 0 spiro atoms. The van der Waals surface area contributed by atoms with E-state index in [0.717, 1.165) is 5.69 Å². The number of aromatic nitrogens is 2. The average Bonchev–Trinajstić information content (AvgIpc) is 2.46. The largest absolute Gasteiger partial charge is 0.346 e. The Hall–Kier alpha value is -2.96. The molecule has 0 bridgehead atoms. The lowest BCUT2D eigenvalue weighted by Gasteiger charge is -2.20. The minimum absolute atomic E-state index is 0.123. The highest BCUT2D eigenvalue weighted by Gasteiger charge is 2.17. The Kier molecular flexibility index (Phi) is 5.36. The van der Waals surface area contributed by atoms with Gasteiger partial charge in [-0.05, 0) is 52.0 Å². The average molecular weight is 341 g/mol. The van der Waals surface area contributed by atoms with E-state index in [9.17, 15) is 9.59 Å². The van der Waals surface area contributed by atoms with Crippen molar-refractivity contribution >= 4 is 29.0 Å². The lowest BCUT2D eigenvalue weighted by atomic mass is 10.1. The fraction of sp³-hybridized carbons (Fsp3) is 0.333. The van der Waals surface area contributed by atoms with E-state index in [1.807, 2.05) is 32.9 Å².